The molecule has 1 aromatic carbocycles. The molecule has 1 fully saturated rings. The summed E-state index contributed by atoms with van der Waals surface area (Å²) in [5.74, 6) is -0.356. The van der Waals surface area contributed by atoms with Gasteiger partial charge in [-0.3, -0.25) is 4.79 Å². The fourth-order valence-electron chi connectivity index (χ4n) is 2.33. The van der Waals surface area contributed by atoms with Crippen molar-refractivity contribution in [2.24, 2.45) is 5.92 Å². The Morgan fingerprint density at radius 2 is 1.80 bits per heavy atom. The number of aliphatic carboxylic acids is 1. The van der Waals surface area contributed by atoms with Gasteiger partial charge in [-0.2, -0.15) is 4.31 Å². The first-order valence-corrected chi connectivity index (χ1v) is 8.14. The van der Waals surface area contributed by atoms with Crippen LogP contribution < -0.4 is 0 Å². The van der Waals surface area contributed by atoms with E-state index in [-0.39, 0.29) is 11.3 Å². The number of piperidine rings is 1. The molecular weight excluding hydrogens is 278 g/mol. The Morgan fingerprint density at radius 3 is 2.30 bits per heavy atom. The number of rotatable bonds is 4. The molecule has 0 bridgehead atoms. The Kier molecular flexibility index (Phi) is 4.45. The molecule has 0 amide bonds. The molecule has 20 heavy (non-hydrogen) atoms. The molecule has 1 heterocycles. The van der Waals surface area contributed by atoms with E-state index < -0.39 is 16.0 Å². The van der Waals surface area contributed by atoms with Crippen molar-refractivity contribution < 1.29 is 18.3 Å². The van der Waals surface area contributed by atoms with Gasteiger partial charge in [0.25, 0.3) is 0 Å². The minimum absolute atomic E-state index is 0.0957. The average Bonchev–Trinajstić information content (AvgIpc) is 2.39. The Bertz CT molecular complexity index is 572. The summed E-state index contributed by atoms with van der Waals surface area (Å²) in [7, 11) is -3.44. The fraction of sp³-hybridized carbons (Fsp3) is 0.500. The largest absolute Gasteiger partial charge is 0.481 e. The lowest BCUT2D eigenvalue weighted by Crippen LogP contribution is -2.37. The molecule has 2 rings (SSSR count). The van der Waals surface area contributed by atoms with Crippen molar-refractivity contribution in [3.05, 3.63) is 29.8 Å². The van der Waals surface area contributed by atoms with Crippen molar-refractivity contribution in [3.8, 4) is 0 Å². The summed E-state index contributed by atoms with van der Waals surface area (Å²) in [5.41, 5.74) is 0.601. The minimum atomic E-state index is -3.44. The van der Waals surface area contributed by atoms with Crippen LogP contribution >= 0.6 is 0 Å². The molecular formula is C14H19NO4S. The summed E-state index contributed by atoms with van der Waals surface area (Å²) < 4.78 is 26.4. The Balaban J connectivity index is 2.15. The van der Waals surface area contributed by atoms with Gasteiger partial charge in [0.15, 0.2) is 0 Å². The number of carboxylic acids is 1. The summed E-state index contributed by atoms with van der Waals surface area (Å²) in [4.78, 5) is 10.8. The average molecular weight is 297 g/mol. The van der Waals surface area contributed by atoms with E-state index in [0.29, 0.717) is 24.6 Å². The highest BCUT2D eigenvalue weighted by molar-refractivity contribution is 7.89. The van der Waals surface area contributed by atoms with Crippen molar-refractivity contribution in [2.45, 2.75) is 31.1 Å². The van der Waals surface area contributed by atoms with Gasteiger partial charge >= 0.3 is 5.97 Å². The van der Waals surface area contributed by atoms with Crippen LogP contribution in [0.4, 0.5) is 0 Å². The first kappa shape index (κ1) is 15.0. The van der Waals surface area contributed by atoms with E-state index in [4.69, 9.17) is 5.11 Å². The first-order chi connectivity index (χ1) is 9.39. The number of hydrogen-bond donors (Lipinski definition) is 1. The van der Waals surface area contributed by atoms with Crippen LogP contribution in [-0.2, 0) is 21.2 Å². The lowest BCUT2D eigenvalue weighted by atomic mass is 10.0. The van der Waals surface area contributed by atoms with Gasteiger partial charge in [0.05, 0.1) is 11.3 Å². The second-order valence-electron chi connectivity index (χ2n) is 5.30. The molecule has 0 aliphatic carbocycles. The van der Waals surface area contributed by atoms with E-state index in [1.165, 1.54) is 16.4 Å². The molecule has 0 atom stereocenters. The van der Waals surface area contributed by atoms with Crippen molar-refractivity contribution in [1.82, 2.24) is 4.31 Å². The van der Waals surface area contributed by atoms with E-state index in [1.54, 1.807) is 12.1 Å². The molecule has 6 heteroatoms. The van der Waals surface area contributed by atoms with Gasteiger partial charge in [-0.15, -0.1) is 0 Å². The Morgan fingerprint density at radius 1 is 1.25 bits per heavy atom. The molecule has 0 radical (unpaired) electrons. The third kappa shape index (κ3) is 3.37. The summed E-state index contributed by atoms with van der Waals surface area (Å²) in [6.07, 6.45) is 1.67. The SMILES string of the molecule is CC1CCN(S(=O)(=O)c2ccc(CC(=O)O)cc2)CC1. The molecule has 1 aliphatic rings. The van der Waals surface area contributed by atoms with Gasteiger partial charge in [0.1, 0.15) is 0 Å². The molecule has 1 saturated heterocycles. The molecule has 1 aromatic rings. The van der Waals surface area contributed by atoms with Crippen LogP contribution in [0.1, 0.15) is 25.3 Å². The summed E-state index contributed by atoms with van der Waals surface area (Å²) in [6.45, 7) is 3.24. The monoisotopic (exact) mass is 297 g/mol. The smallest absolute Gasteiger partial charge is 0.307 e. The minimum Gasteiger partial charge on any atom is -0.481 e. The highest BCUT2D eigenvalue weighted by Crippen LogP contribution is 2.23. The van der Waals surface area contributed by atoms with Gasteiger partial charge in [-0.05, 0) is 36.5 Å². The lowest BCUT2D eigenvalue weighted by molar-refractivity contribution is -0.136. The van der Waals surface area contributed by atoms with Crippen molar-refractivity contribution in [2.75, 3.05) is 13.1 Å². The molecule has 1 N–H and O–H groups in total. The topological polar surface area (TPSA) is 74.7 Å². The summed E-state index contributed by atoms with van der Waals surface area (Å²) in [6, 6.07) is 6.11. The highest BCUT2D eigenvalue weighted by atomic mass is 32.2. The molecule has 110 valence electrons. The molecule has 0 saturated carbocycles. The van der Waals surface area contributed by atoms with Gasteiger partial charge in [0, 0.05) is 13.1 Å². The third-order valence-electron chi connectivity index (χ3n) is 3.66. The van der Waals surface area contributed by atoms with Gasteiger partial charge in [0.2, 0.25) is 10.0 Å². The third-order valence-corrected chi connectivity index (χ3v) is 5.57. The number of nitrogens with zero attached hydrogens (tertiary/aromatic N) is 1. The first-order valence-electron chi connectivity index (χ1n) is 6.70. The second-order valence-corrected chi connectivity index (χ2v) is 7.24. The van der Waals surface area contributed by atoms with Gasteiger partial charge in [-0.1, -0.05) is 19.1 Å². The number of carboxylic acid groups (broad SMARTS) is 1. The second kappa shape index (κ2) is 5.93. The number of benzene rings is 1. The molecule has 1 aliphatic heterocycles. The van der Waals surface area contributed by atoms with Crippen LogP contribution in [0.15, 0.2) is 29.2 Å². The van der Waals surface area contributed by atoms with Crippen molar-refractivity contribution >= 4 is 16.0 Å². The highest BCUT2D eigenvalue weighted by Gasteiger charge is 2.27. The maximum absolute atomic E-state index is 12.4. The van der Waals surface area contributed by atoms with Crippen molar-refractivity contribution in [3.63, 3.8) is 0 Å². The zero-order valence-corrected chi connectivity index (χ0v) is 12.3. The van der Waals surface area contributed by atoms with Crippen LogP contribution in [0.3, 0.4) is 0 Å². The van der Waals surface area contributed by atoms with Crippen LogP contribution in [0.25, 0.3) is 0 Å². The van der Waals surface area contributed by atoms with E-state index >= 15 is 0 Å². The molecule has 0 spiro atoms. The fourth-order valence-corrected chi connectivity index (χ4v) is 3.80. The molecule has 5 nitrogen and oxygen atoms in total. The van der Waals surface area contributed by atoms with Crippen LogP contribution in [0, 0.1) is 5.92 Å². The van der Waals surface area contributed by atoms with Gasteiger partial charge < -0.3 is 5.11 Å². The summed E-state index contributed by atoms with van der Waals surface area (Å²) >= 11 is 0. The van der Waals surface area contributed by atoms with Crippen LogP contribution in [0.2, 0.25) is 0 Å². The lowest BCUT2D eigenvalue weighted by Gasteiger charge is -2.29. The number of sulfonamides is 1. The maximum Gasteiger partial charge on any atom is 0.307 e. The standard InChI is InChI=1S/C14H19NO4S/c1-11-6-8-15(9-7-11)20(18,19)13-4-2-12(3-5-13)10-14(16)17/h2-5,11H,6-10H2,1H3,(H,16,17). The molecule has 0 aromatic heterocycles. The zero-order valence-electron chi connectivity index (χ0n) is 11.4. The van der Waals surface area contributed by atoms with Crippen LogP contribution in [-0.4, -0.2) is 36.9 Å². The predicted molar refractivity (Wildman–Crippen MR) is 74.9 cm³/mol. The predicted octanol–water partition coefficient (Wildman–Crippen LogP) is 1.73. The van der Waals surface area contributed by atoms with E-state index in [2.05, 4.69) is 6.92 Å². The Hall–Kier alpha value is -1.40. The van der Waals surface area contributed by atoms with E-state index in [0.717, 1.165) is 12.8 Å². The quantitative estimate of drug-likeness (QED) is 0.918. The van der Waals surface area contributed by atoms with Gasteiger partial charge in [-0.25, -0.2) is 8.42 Å². The van der Waals surface area contributed by atoms with E-state index in [9.17, 15) is 13.2 Å². The van der Waals surface area contributed by atoms with Crippen molar-refractivity contribution in [1.29, 1.82) is 0 Å². The molecule has 0 unspecified atom stereocenters. The number of carbonyl (C=O) groups is 1. The summed E-state index contributed by atoms with van der Waals surface area (Å²) in [5, 5.41) is 8.70. The van der Waals surface area contributed by atoms with E-state index in [1.807, 2.05) is 0 Å². The maximum atomic E-state index is 12.4. The van der Waals surface area contributed by atoms with Crippen LogP contribution in [0.5, 0.6) is 0 Å². The zero-order chi connectivity index (χ0) is 14.8. The normalized spacial score (nSPS) is 18.1. The Labute approximate surface area is 119 Å². The number of hydrogen-bond acceptors (Lipinski definition) is 3.